The van der Waals surface area contributed by atoms with E-state index >= 15 is 0 Å². The molecule has 0 N–H and O–H groups in total. The molecule has 162 valence electrons. The summed E-state index contributed by atoms with van der Waals surface area (Å²) in [6, 6.07) is 10.1. The third-order valence-corrected chi connectivity index (χ3v) is 4.68. The van der Waals surface area contributed by atoms with Crippen LogP contribution in [-0.4, -0.2) is 50.0 Å². The Morgan fingerprint density at radius 2 is 1.97 bits per heavy atom. The normalized spacial score (nSPS) is 14.3. The summed E-state index contributed by atoms with van der Waals surface area (Å²) in [5.41, 5.74) is 1.25. The van der Waals surface area contributed by atoms with Gasteiger partial charge in [-0.1, -0.05) is 29.3 Å². The summed E-state index contributed by atoms with van der Waals surface area (Å²) in [5.74, 6) is -0.0592. The molecule has 0 aliphatic carbocycles. The average molecular weight is 463 g/mol. The number of halogens is 2. The van der Waals surface area contributed by atoms with Crippen LogP contribution >= 0.6 is 23.2 Å². The van der Waals surface area contributed by atoms with Gasteiger partial charge < -0.3 is 19.1 Å². The molecule has 0 fully saturated rings. The van der Waals surface area contributed by atoms with Gasteiger partial charge in [0.1, 0.15) is 0 Å². The molecule has 0 atom stereocenters. The van der Waals surface area contributed by atoms with Crippen LogP contribution in [0.3, 0.4) is 0 Å². The number of benzene rings is 2. The van der Waals surface area contributed by atoms with Crippen LogP contribution in [0.1, 0.15) is 18.1 Å². The van der Waals surface area contributed by atoms with Crippen LogP contribution in [0.4, 0.5) is 0 Å². The maximum atomic E-state index is 12.3. The van der Waals surface area contributed by atoms with Crippen LogP contribution < -0.4 is 9.47 Å². The van der Waals surface area contributed by atoms with Gasteiger partial charge in [0.2, 0.25) is 5.90 Å². The predicted molar refractivity (Wildman–Crippen MR) is 119 cm³/mol. The van der Waals surface area contributed by atoms with Crippen molar-refractivity contribution in [2.45, 2.75) is 6.92 Å². The minimum absolute atomic E-state index is 0.102. The van der Waals surface area contributed by atoms with Crippen molar-refractivity contribution in [1.82, 2.24) is 4.90 Å². The number of nitrogens with zero attached hydrogens (tertiary/aromatic N) is 2. The van der Waals surface area contributed by atoms with E-state index in [2.05, 4.69) is 4.99 Å². The highest BCUT2D eigenvalue weighted by molar-refractivity contribution is 6.32. The summed E-state index contributed by atoms with van der Waals surface area (Å²) in [6.45, 7) is 1.98. The van der Waals surface area contributed by atoms with Crippen LogP contribution in [0.5, 0.6) is 11.5 Å². The molecule has 0 saturated carbocycles. The summed E-state index contributed by atoms with van der Waals surface area (Å²) in [7, 11) is 3.26. The summed E-state index contributed by atoms with van der Waals surface area (Å²) >= 11 is 12.4. The van der Waals surface area contributed by atoms with E-state index in [1.807, 2.05) is 6.92 Å². The fourth-order valence-electron chi connectivity index (χ4n) is 2.65. The standard InChI is InChI=1S/C22H20Cl2N2O5/c1-4-29-18-10-13(8-16(24)20(18)30-12-19(27)26(2)3)9-17-22(28)31-21(25-17)14-6-5-7-15(23)11-14/h5-11H,4,12H2,1-3H3/b17-9+. The molecule has 3 rings (SSSR count). The molecule has 0 aromatic heterocycles. The molecule has 0 unspecified atom stereocenters. The van der Waals surface area contributed by atoms with Crippen LogP contribution in [0.2, 0.25) is 10.0 Å². The molecule has 0 spiro atoms. The second-order valence-corrected chi connectivity index (χ2v) is 7.53. The van der Waals surface area contributed by atoms with Crippen molar-refractivity contribution >= 4 is 47.1 Å². The maximum Gasteiger partial charge on any atom is 0.363 e. The number of rotatable bonds is 7. The Bertz CT molecular complexity index is 1080. The second-order valence-electron chi connectivity index (χ2n) is 6.69. The lowest BCUT2D eigenvalue weighted by molar-refractivity contribution is -0.131. The topological polar surface area (TPSA) is 77.4 Å². The highest BCUT2D eigenvalue weighted by atomic mass is 35.5. The zero-order valence-electron chi connectivity index (χ0n) is 17.1. The number of esters is 1. The fraction of sp³-hybridized carbons (Fsp3) is 0.227. The van der Waals surface area contributed by atoms with E-state index in [0.29, 0.717) is 28.5 Å². The highest BCUT2D eigenvalue weighted by Crippen LogP contribution is 2.37. The Morgan fingerprint density at radius 3 is 2.65 bits per heavy atom. The smallest absolute Gasteiger partial charge is 0.363 e. The number of cyclic esters (lactones) is 1. The van der Waals surface area contributed by atoms with Gasteiger partial charge in [-0.25, -0.2) is 9.79 Å². The van der Waals surface area contributed by atoms with Gasteiger partial charge in [0.05, 0.1) is 11.6 Å². The predicted octanol–water partition coefficient (Wildman–Crippen LogP) is 4.20. The Morgan fingerprint density at radius 1 is 1.19 bits per heavy atom. The van der Waals surface area contributed by atoms with Crippen LogP contribution in [0, 0.1) is 0 Å². The summed E-state index contributed by atoms with van der Waals surface area (Å²) in [4.78, 5) is 29.8. The first kappa shape index (κ1) is 22.7. The average Bonchev–Trinajstić information content (AvgIpc) is 3.07. The van der Waals surface area contributed by atoms with Crippen molar-refractivity contribution in [2.24, 2.45) is 4.99 Å². The van der Waals surface area contributed by atoms with Crippen molar-refractivity contribution in [2.75, 3.05) is 27.3 Å². The number of ether oxygens (including phenoxy) is 3. The molecule has 7 nitrogen and oxygen atoms in total. The quantitative estimate of drug-likeness (QED) is 0.454. The molecule has 1 amide bonds. The lowest BCUT2D eigenvalue weighted by Gasteiger charge is -2.16. The first-order valence-corrected chi connectivity index (χ1v) is 10.1. The first-order chi connectivity index (χ1) is 14.8. The van der Waals surface area contributed by atoms with E-state index in [9.17, 15) is 9.59 Å². The van der Waals surface area contributed by atoms with Crippen LogP contribution in [0.25, 0.3) is 6.08 Å². The van der Waals surface area contributed by atoms with Gasteiger partial charge >= 0.3 is 5.97 Å². The first-order valence-electron chi connectivity index (χ1n) is 9.36. The molecular weight excluding hydrogens is 443 g/mol. The number of amides is 1. The number of hydrogen-bond acceptors (Lipinski definition) is 6. The van der Waals surface area contributed by atoms with E-state index in [4.69, 9.17) is 37.4 Å². The number of likely N-dealkylation sites (N-methyl/N-ethyl adjacent to an activating group) is 1. The molecule has 9 heteroatoms. The largest absolute Gasteiger partial charge is 0.490 e. The number of carbonyl (C=O) groups is 2. The van der Waals surface area contributed by atoms with Gasteiger partial charge in [0.15, 0.2) is 23.8 Å². The molecule has 0 radical (unpaired) electrons. The van der Waals surface area contributed by atoms with Crippen molar-refractivity contribution in [3.8, 4) is 11.5 Å². The lowest BCUT2D eigenvalue weighted by atomic mass is 10.1. The van der Waals surface area contributed by atoms with E-state index in [-0.39, 0.29) is 34.9 Å². The lowest BCUT2D eigenvalue weighted by Crippen LogP contribution is -2.27. The molecule has 1 aliphatic heterocycles. The third-order valence-electron chi connectivity index (χ3n) is 4.17. The van der Waals surface area contributed by atoms with Gasteiger partial charge in [-0.3, -0.25) is 4.79 Å². The van der Waals surface area contributed by atoms with E-state index < -0.39 is 5.97 Å². The van der Waals surface area contributed by atoms with Crippen molar-refractivity contribution < 1.29 is 23.8 Å². The van der Waals surface area contributed by atoms with Crippen LogP contribution in [-0.2, 0) is 14.3 Å². The zero-order chi connectivity index (χ0) is 22.5. The molecule has 31 heavy (non-hydrogen) atoms. The van der Waals surface area contributed by atoms with Crippen molar-refractivity contribution in [1.29, 1.82) is 0 Å². The van der Waals surface area contributed by atoms with Gasteiger partial charge in [0, 0.05) is 24.7 Å². The van der Waals surface area contributed by atoms with E-state index in [1.165, 1.54) is 11.0 Å². The molecule has 1 heterocycles. The minimum Gasteiger partial charge on any atom is -0.490 e. The number of carbonyl (C=O) groups excluding carboxylic acids is 2. The third kappa shape index (κ3) is 5.57. The van der Waals surface area contributed by atoms with Gasteiger partial charge in [-0.2, -0.15) is 0 Å². The molecule has 1 aliphatic rings. The number of hydrogen-bond donors (Lipinski definition) is 0. The monoisotopic (exact) mass is 462 g/mol. The molecule has 0 bridgehead atoms. The molecular formula is C22H20Cl2N2O5. The van der Waals surface area contributed by atoms with Crippen molar-refractivity contribution in [3.05, 3.63) is 63.3 Å². The highest BCUT2D eigenvalue weighted by Gasteiger charge is 2.25. The Labute approximate surface area is 189 Å². The summed E-state index contributed by atoms with van der Waals surface area (Å²) < 4.78 is 16.5. The molecule has 2 aromatic carbocycles. The van der Waals surface area contributed by atoms with Gasteiger partial charge in [0.25, 0.3) is 5.91 Å². The summed E-state index contributed by atoms with van der Waals surface area (Å²) in [5, 5.41) is 0.736. The second kappa shape index (κ2) is 9.85. The van der Waals surface area contributed by atoms with E-state index in [0.717, 1.165) is 0 Å². The summed E-state index contributed by atoms with van der Waals surface area (Å²) in [6.07, 6.45) is 1.53. The van der Waals surface area contributed by atoms with E-state index in [1.54, 1.807) is 50.5 Å². The Kier molecular flexibility index (Phi) is 7.20. The zero-order valence-corrected chi connectivity index (χ0v) is 18.7. The Balaban J connectivity index is 1.91. The number of aliphatic imine (C=N–C) groups is 1. The van der Waals surface area contributed by atoms with Gasteiger partial charge in [-0.05, 0) is 48.9 Å². The SMILES string of the molecule is CCOc1cc(/C=C2/N=C(c3cccc(Cl)c3)OC2=O)cc(Cl)c1OCC(=O)N(C)C. The molecule has 0 saturated heterocycles. The van der Waals surface area contributed by atoms with Crippen LogP contribution in [0.15, 0.2) is 47.1 Å². The Hall–Kier alpha value is -3.03. The minimum atomic E-state index is -0.596. The molecule has 2 aromatic rings. The van der Waals surface area contributed by atoms with Crippen molar-refractivity contribution in [3.63, 3.8) is 0 Å². The fourth-order valence-corrected chi connectivity index (χ4v) is 3.11. The van der Waals surface area contributed by atoms with Gasteiger partial charge in [-0.15, -0.1) is 0 Å². The maximum absolute atomic E-state index is 12.3.